The van der Waals surface area contributed by atoms with Crippen LogP contribution in [-0.4, -0.2) is 67.0 Å². The third-order valence-corrected chi connectivity index (χ3v) is 8.28. The van der Waals surface area contributed by atoms with Crippen LogP contribution in [0, 0.1) is 0 Å². The van der Waals surface area contributed by atoms with Crippen molar-refractivity contribution in [2.75, 3.05) is 31.3 Å². The van der Waals surface area contributed by atoms with Gasteiger partial charge >= 0.3 is 0 Å². The van der Waals surface area contributed by atoms with Gasteiger partial charge in [-0.1, -0.05) is 29.9 Å². The summed E-state index contributed by atoms with van der Waals surface area (Å²) in [4.78, 5) is 31.4. The van der Waals surface area contributed by atoms with Gasteiger partial charge in [0.2, 0.25) is 5.91 Å². The number of ether oxygens (including phenoxy) is 1. The number of amides is 2. The fourth-order valence-electron chi connectivity index (χ4n) is 4.05. The Labute approximate surface area is 203 Å². The maximum absolute atomic E-state index is 12.6. The van der Waals surface area contributed by atoms with E-state index < -0.39 is 33.2 Å². The van der Waals surface area contributed by atoms with E-state index in [1.165, 1.54) is 11.3 Å². The third kappa shape index (κ3) is 6.88. The molecule has 2 aromatic rings. The summed E-state index contributed by atoms with van der Waals surface area (Å²) in [6, 6.07) is 5.43. The Bertz CT molecular complexity index is 1170. The predicted octanol–water partition coefficient (Wildman–Crippen LogP) is 3.03. The van der Waals surface area contributed by atoms with Crippen molar-refractivity contribution in [3.8, 4) is 0 Å². The predicted molar refractivity (Wildman–Crippen MR) is 130 cm³/mol. The molecule has 1 aliphatic rings. The quantitative estimate of drug-likeness (QED) is 0.478. The van der Waals surface area contributed by atoms with E-state index in [0.717, 1.165) is 35.9 Å². The molecular formula is C22H30ClN3O5S2. The van der Waals surface area contributed by atoms with E-state index in [1.807, 2.05) is 24.5 Å². The molecule has 1 aromatic heterocycles. The van der Waals surface area contributed by atoms with Crippen LogP contribution in [0.2, 0.25) is 5.02 Å². The molecule has 11 heteroatoms. The first-order valence-corrected chi connectivity index (χ1v) is 14.2. The molecule has 8 nitrogen and oxygen atoms in total. The summed E-state index contributed by atoms with van der Waals surface area (Å²) < 4.78 is 33.3. The van der Waals surface area contributed by atoms with E-state index in [9.17, 15) is 18.0 Å². The number of thiazole rings is 1. The molecule has 1 atom stereocenters. The molecule has 1 fully saturated rings. The number of rotatable bonds is 9. The van der Waals surface area contributed by atoms with E-state index in [2.05, 4.69) is 4.99 Å². The highest BCUT2D eigenvalue weighted by molar-refractivity contribution is 7.92. The standard InChI is InChI=1S/C22H30ClN3O5S2/c1-3-17-7-5-6-10-25(17)21(28)15-33(29,30)14-20(27)24-22-26(11-12-31-4-2)18-9-8-16(23)13-19(18)32-22/h8-9,13,17H,3-7,10-12,14-15H2,1-2H3. The summed E-state index contributed by atoms with van der Waals surface area (Å²) in [6.07, 6.45) is 3.58. The van der Waals surface area contributed by atoms with Gasteiger partial charge in [-0.25, -0.2) is 8.42 Å². The molecule has 0 spiro atoms. The number of hydrogen-bond acceptors (Lipinski definition) is 6. The van der Waals surface area contributed by atoms with Gasteiger partial charge in [0.05, 0.1) is 16.8 Å². The molecule has 1 aliphatic heterocycles. The van der Waals surface area contributed by atoms with E-state index in [-0.39, 0.29) is 6.04 Å². The van der Waals surface area contributed by atoms with Crippen molar-refractivity contribution in [2.45, 2.75) is 52.1 Å². The summed E-state index contributed by atoms with van der Waals surface area (Å²) >= 11 is 7.35. The number of likely N-dealkylation sites (tertiary alicyclic amines) is 1. The second kappa shape index (κ2) is 11.6. The minimum Gasteiger partial charge on any atom is -0.380 e. The molecule has 0 bridgehead atoms. The maximum Gasteiger partial charge on any atom is 0.263 e. The van der Waals surface area contributed by atoms with Gasteiger partial charge in [0.1, 0.15) is 11.5 Å². The number of hydrogen-bond donors (Lipinski definition) is 0. The fourth-order valence-corrected chi connectivity index (χ4v) is 6.49. The molecular weight excluding hydrogens is 486 g/mol. The highest BCUT2D eigenvalue weighted by Gasteiger charge is 2.29. The Morgan fingerprint density at radius 1 is 1.24 bits per heavy atom. The van der Waals surface area contributed by atoms with Crippen molar-refractivity contribution >= 4 is 54.8 Å². The lowest BCUT2D eigenvalue weighted by Gasteiger charge is -2.35. The molecule has 182 valence electrons. The van der Waals surface area contributed by atoms with Crippen LogP contribution in [0.1, 0.15) is 39.5 Å². The lowest BCUT2D eigenvalue weighted by atomic mass is 10.0. The van der Waals surface area contributed by atoms with E-state index in [4.69, 9.17) is 16.3 Å². The molecule has 3 rings (SSSR count). The lowest BCUT2D eigenvalue weighted by Crippen LogP contribution is -2.46. The van der Waals surface area contributed by atoms with Gasteiger partial charge in [-0.05, 0) is 50.8 Å². The van der Waals surface area contributed by atoms with Crippen LogP contribution in [0.3, 0.4) is 0 Å². The minimum absolute atomic E-state index is 0.0662. The zero-order valence-electron chi connectivity index (χ0n) is 19.0. The zero-order chi connectivity index (χ0) is 24.0. The number of halogens is 1. The molecule has 33 heavy (non-hydrogen) atoms. The molecule has 1 saturated heterocycles. The number of nitrogens with zero attached hydrogens (tertiary/aromatic N) is 3. The van der Waals surface area contributed by atoms with E-state index in [0.29, 0.717) is 36.1 Å². The van der Waals surface area contributed by atoms with Crippen molar-refractivity contribution in [2.24, 2.45) is 4.99 Å². The molecule has 0 N–H and O–H groups in total. The van der Waals surface area contributed by atoms with Crippen molar-refractivity contribution in [3.63, 3.8) is 0 Å². The Morgan fingerprint density at radius 3 is 2.76 bits per heavy atom. The van der Waals surface area contributed by atoms with Gasteiger partial charge in [-0.2, -0.15) is 4.99 Å². The number of sulfone groups is 1. The highest BCUT2D eigenvalue weighted by Crippen LogP contribution is 2.22. The van der Waals surface area contributed by atoms with Crippen molar-refractivity contribution in [3.05, 3.63) is 28.0 Å². The fraction of sp³-hybridized carbons (Fsp3) is 0.591. The zero-order valence-corrected chi connectivity index (χ0v) is 21.3. The first-order valence-electron chi connectivity index (χ1n) is 11.2. The van der Waals surface area contributed by atoms with Crippen LogP contribution in [0.4, 0.5) is 0 Å². The molecule has 1 aromatic carbocycles. The Balaban J connectivity index is 1.78. The van der Waals surface area contributed by atoms with Gasteiger partial charge in [0.25, 0.3) is 5.91 Å². The number of aromatic nitrogens is 1. The maximum atomic E-state index is 12.6. The SMILES string of the molecule is CCOCCn1c(=NC(=O)CS(=O)(=O)CC(=O)N2CCCCC2CC)sc2cc(Cl)ccc21. The van der Waals surface area contributed by atoms with Crippen LogP contribution < -0.4 is 4.80 Å². The number of benzene rings is 1. The largest absolute Gasteiger partial charge is 0.380 e. The summed E-state index contributed by atoms with van der Waals surface area (Å²) in [6.45, 7) is 5.89. The topological polar surface area (TPSA) is 98.0 Å². The van der Waals surface area contributed by atoms with Crippen LogP contribution in [0.15, 0.2) is 23.2 Å². The number of fused-ring (bicyclic) bond motifs is 1. The molecule has 2 amide bonds. The molecule has 0 aliphatic carbocycles. The van der Waals surface area contributed by atoms with Crippen molar-refractivity contribution in [1.82, 2.24) is 9.47 Å². The first-order chi connectivity index (χ1) is 15.7. The first kappa shape index (κ1) is 25.9. The Hall–Kier alpha value is -1.75. The summed E-state index contributed by atoms with van der Waals surface area (Å²) in [5.74, 6) is -2.70. The highest BCUT2D eigenvalue weighted by atomic mass is 35.5. The van der Waals surface area contributed by atoms with Gasteiger partial charge in [0.15, 0.2) is 14.6 Å². The van der Waals surface area contributed by atoms with Gasteiger partial charge in [-0.3, -0.25) is 9.59 Å². The summed E-state index contributed by atoms with van der Waals surface area (Å²) in [5, 5.41) is 0.558. The smallest absolute Gasteiger partial charge is 0.263 e. The average Bonchev–Trinajstić information content (AvgIpc) is 3.08. The van der Waals surface area contributed by atoms with Crippen molar-refractivity contribution < 1.29 is 22.7 Å². The third-order valence-electron chi connectivity index (χ3n) is 5.63. The minimum atomic E-state index is -3.94. The van der Waals surface area contributed by atoms with Crippen LogP contribution in [0.5, 0.6) is 0 Å². The molecule has 0 saturated carbocycles. The van der Waals surface area contributed by atoms with Gasteiger partial charge in [0, 0.05) is 30.8 Å². The van der Waals surface area contributed by atoms with Crippen LogP contribution in [0.25, 0.3) is 10.2 Å². The van der Waals surface area contributed by atoms with Gasteiger partial charge in [-0.15, -0.1) is 0 Å². The van der Waals surface area contributed by atoms with Crippen LogP contribution >= 0.6 is 22.9 Å². The molecule has 2 heterocycles. The van der Waals surface area contributed by atoms with E-state index >= 15 is 0 Å². The van der Waals surface area contributed by atoms with E-state index in [1.54, 1.807) is 17.0 Å². The number of carbonyl (C=O) groups excluding carboxylic acids is 2. The second-order valence-electron chi connectivity index (χ2n) is 8.03. The normalized spacial score (nSPS) is 17.6. The summed E-state index contributed by atoms with van der Waals surface area (Å²) in [5.41, 5.74) is 0.837. The number of piperidine rings is 1. The number of carbonyl (C=O) groups is 2. The summed E-state index contributed by atoms with van der Waals surface area (Å²) in [7, 11) is -3.94. The Morgan fingerprint density at radius 2 is 2.03 bits per heavy atom. The Kier molecular flexibility index (Phi) is 9.09. The monoisotopic (exact) mass is 515 g/mol. The van der Waals surface area contributed by atoms with Crippen LogP contribution in [-0.2, 0) is 30.7 Å². The lowest BCUT2D eigenvalue weighted by molar-refractivity contribution is -0.132. The van der Waals surface area contributed by atoms with Crippen molar-refractivity contribution in [1.29, 1.82) is 0 Å². The second-order valence-corrected chi connectivity index (χ2v) is 11.5. The molecule has 0 radical (unpaired) electrons. The average molecular weight is 516 g/mol. The van der Waals surface area contributed by atoms with Gasteiger partial charge < -0.3 is 14.2 Å². The molecule has 1 unspecified atom stereocenters.